The first kappa shape index (κ1) is 12.0. The molecule has 2 aromatic carbocycles. The molecule has 0 amide bonds. The van der Waals surface area contributed by atoms with Gasteiger partial charge in [0.25, 0.3) is 0 Å². The minimum absolute atomic E-state index is 0.0748. The van der Waals surface area contributed by atoms with Gasteiger partial charge in [-0.1, -0.05) is 23.8 Å². The Morgan fingerprint density at radius 2 is 2.00 bits per heavy atom. The predicted octanol–water partition coefficient (Wildman–Crippen LogP) is 3.99. The van der Waals surface area contributed by atoms with Crippen molar-refractivity contribution < 1.29 is 9.13 Å². The van der Waals surface area contributed by atoms with Crippen LogP contribution in [0.1, 0.15) is 22.8 Å². The third-order valence-electron chi connectivity index (χ3n) is 3.47. The fraction of sp³-hybridized carbons (Fsp3) is 0.250. The Balaban J connectivity index is 1.95. The van der Waals surface area contributed by atoms with Crippen molar-refractivity contribution in [3.63, 3.8) is 0 Å². The highest BCUT2D eigenvalue weighted by atomic mass is 19.1. The zero-order valence-electron chi connectivity index (χ0n) is 11.0. The minimum atomic E-state index is -0.276. The van der Waals surface area contributed by atoms with Crippen LogP contribution in [0, 0.1) is 19.7 Å². The number of anilines is 1. The highest BCUT2D eigenvalue weighted by molar-refractivity contribution is 5.58. The highest BCUT2D eigenvalue weighted by Gasteiger charge is 2.22. The summed E-state index contributed by atoms with van der Waals surface area (Å²) in [6.07, 6.45) is -0.0748. The molecular weight excluding hydrogens is 241 g/mol. The maximum atomic E-state index is 13.3. The van der Waals surface area contributed by atoms with Crippen LogP contribution in [0.25, 0.3) is 0 Å². The van der Waals surface area contributed by atoms with Gasteiger partial charge >= 0.3 is 0 Å². The summed E-state index contributed by atoms with van der Waals surface area (Å²) < 4.78 is 19.2. The molecule has 3 rings (SSSR count). The van der Waals surface area contributed by atoms with E-state index in [4.69, 9.17) is 4.74 Å². The Hall–Kier alpha value is -2.03. The van der Waals surface area contributed by atoms with Gasteiger partial charge in [-0.05, 0) is 37.1 Å². The second kappa shape index (κ2) is 4.57. The molecule has 19 heavy (non-hydrogen) atoms. The van der Waals surface area contributed by atoms with Crippen molar-refractivity contribution in [2.75, 3.05) is 11.9 Å². The molecule has 1 unspecified atom stereocenters. The van der Waals surface area contributed by atoms with E-state index in [1.54, 1.807) is 6.07 Å². The summed E-state index contributed by atoms with van der Waals surface area (Å²) in [5.41, 5.74) is 4.40. The largest absolute Gasteiger partial charge is 0.482 e. The van der Waals surface area contributed by atoms with Crippen molar-refractivity contribution in [3.05, 3.63) is 58.9 Å². The lowest BCUT2D eigenvalue weighted by atomic mass is 9.99. The number of fused-ring (bicyclic) bond motifs is 1. The van der Waals surface area contributed by atoms with Crippen LogP contribution < -0.4 is 10.1 Å². The monoisotopic (exact) mass is 257 g/mol. The van der Waals surface area contributed by atoms with Crippen molar-refractivity contribution in [2.45, 2.75) is 20.0 Å². The van der Waals surface area contributed by atoms with E-state index in [0.717, 1.165) is 11.3 Å². The van der Waals surface area contributed by atoms with Crippen molar-refractivity contribution >= 4 is 5.69 Å². The van der Waals surface area contributed by atoms with Crippen LogP contribution >= 0.6 is 0 Å². The van der Waals surface area contributed by atoms with Gasteiger partial charge in [0.05, 0.1) is 12.2 Å². The van der Waals surface area contributed by atoms with E-state index < -0.39 is 0 Å². The van der Waals surface area contributed by atoms with Crippen LogP contribution in [0.15, 0.2) is 36.4 Å². The molecule has 0 fully saturated rings. The minimum Gasteiger partial charge on any atom is -0.482 e. The van der Waals surface area contributed by atoms with E-state index in [2.05, 4.69) is 37.4 Å². The molecule has 1 N–H and O–H groups in total. The molecule has 1 aliphatic rings. The lowest BCUT2D eigenvalue weighted by Crippen LogP contribution is -2.24. The second-order valence-corrected chi connectivity index (χ2v) is 4.99. The van der Waals surface area contributed by atoms with Gasteiger partial charge in [-0.2, -0.15) is 0 Å². The zero-order valence-corrected chi connectivity index (χ0v) is 11.0. The van der Waals surface area contributed by atoms with Crippen molar-refractivity contribution in [3.8, 4) is 5.75 Å². The van der Waals surface area contributed by atoms with Gasteiger partial charge in [-0.15, -0.1) is 0 Å². The summed E-state index contributed by atoms with van der Waals surface area (Å²) in [5.74, 6) is 0.305. The van der Waals surface area contributed by atoms with E-state index in [1.807, 2.05) is 0 Å². The molecule has 2 nitrogen and oxygen atoms in total. The second-order valence-electron chi connectivity index (χ2n) is 4.99. The van der Waals surface area contributed by atoms with Crippen LogP contribution in [0.4, 0.5) is 10.1 Å². The predicted molar refractivity (Wildman–Crippen MR) is 74.2 cm³/mol. The summed E-state index contributed by atoms with van der Waals surface area (Å²) >= 11 is 0. The molecule has 0 saturated heterocycles. The molecule has 1 aliphatic heterocycles. The average molecular weight is 257 g/mol. The number of nitrogens with one attached hydrogen (secondary N) is 1. The molecule has 1 atom stereocenters. The average Bonchev–Trinajstić information content (AvgIpc) is 2.40. The molecule has 3 heteroatoms. The Morgan fingerprint density at radius 1 is 1.16 bits per heavy atom. The molecular formula is C16H16FNO. The SMILES string of the molecule is Cc1ccc(C)c(C2CNc3ccc(F)cc3O2)c1. The van der Waals surface area contributed by atoms with Crippen molar-refractivity contribution in [1.29, 1.82) is 0 Å². The molecule has 2 aromatic rings. The highest BCUT2D eigenvalue weighted by Crippen LogP contribution is 2.35. The van der Waals surface area contributed by atoms with Gasteiger partial charge in [0.1, 0.15) is 17.7 Å². The van der Waals surface area contributed by atoms with Crippen LogP contribution in [-0.2, 0) is 0 Å². The van der Waals surface area contributed by atoms with Gasteiger partial charge in [0.15, 0.2) is 0 Å². The van der Waals surface area contributed by atoms with Gasteiger partial charge in [0.2, 0.25) is 0 Å². The number of halogens is 1. The van der Waals surface area contributed by atoms with E-state index in [1.165, 1.54) is 23.3 Å². The lowest BCUT2D eigenvalue weighted by molar-refractivity contribution is 0.209. The molecule has 0 saturated carbocycles. The Labute approximate surface area is 112 Å². The molecule has 98 valence electrons. The van der Waals surface area contributed by atoms with E-state index >= 15 is 0 Å². The molecule has 0 bridgehead atoms. The Bertz CT molecular complexity index is 624. The van der Waals surface area contributed by atoms with Crippen LogP contribution in [-0.4, -0.2) is 6.54 Å². The fourth-order valence-electron chi connectivity index (χ4n) is 2.42. The summed E-state index contributed by atoms with van der Waals surface area (Å²) in [5, 5.41) is 3.29. The number of aryl methyl sites for hydroxylation is 2. The maximum Gasteiger partial charge on any atom is 0.146 e. The van der Waals surface area contributed by atoms with Crippen LogP contribution in [0.3, 0.4) is 0 Å². The normalized spacial score (nSPS) is 17.3. The third-order valence-corrected chi connectivity index (χ3v) is 3.47. The van der Waals surface area contributed by atoms with Crippen LogP contribution in [0.2, 0.25) is 0 Å². The van der Waals surface area contributed by atoms with E-state index in [-0.39, 0.29) is 11.9 Å². The summed E-state index contributed by atoms with van der Waals surface area (Å²) in [6.45, 7) is 4.83. The molecule has 0 spiro atoms. The molecule has 1 heterocycles. The summed E-state index contributed by atoms with van der Waals surface area (Å²) in [7, 11) is 0. The first-order valence-corrected chi connectivity index (χ1v) is 6.41. The quantitative estimate of drug-likeness (QED) is 0.834. The lowest BCUT2D eigenvalue weighted by Gasteiger charge is -2.28. The molecule has 0 radical (unpaired) electrons. The third kappa shape index (κ3) is 2.28. The molecule has 0 aromatic heterocycles. The van der Waals surface area contributed by atoms with E-state index in [0.29, 0.717) is 12.3 Å². The smallest absolute Gasteiger partial charge is 0.146 e. The van der Waals surface area contributed by atoms with E-state index in [9.17, 15) is 4.39 Å². The fourth-order valence-corrected chi connectivity index (χ4v) is 2.42. The summed E-state index contributed by atoms with van der Waals surface area (Å²) in [4.78, 5) is 0. The Morgan fingerprint density at radius 3 is 2.84 bits per heavy atom. The van der Waals surface area contributed by atoms with Crippen molar-refractivity contribution in [1.82, 2.24) is 0 Å². The first-order chi connectivity index (χ1) is 9.13. The maximum absolute atomic E-state index is 13.3. The number of ether oxygens (including phenoxy) is 1. The van der Waals surface area contributed by atoms with Gasteiger partial charge in [-0.25, -0.2) is 4.39 Å². The number of benzene rings is 2. The van der Waals surface area contributed by atoms with Gasteiger partial charge in [0, 0.05) is 6.07 Å². The Kier molecular flexibility index (Phi) is 2.90. The molecule has 0 aliphatic carbocycles. The number of hydrogen-bond donors (Lipinski definition) is 1. The number of rotatable bonds is 1. The first-order valence-electron chi connectivity index (χ1n) is 6.41. The van der Waals surface area contributed by atoms with Crippen molar-refractivity contribution in [2.24, 2.45) is 0 Å². The summed E-state index contributed by atoms with van der Waals surface area (Å²) in [6, 6.07) is 10.9. The van der Waals surface area contributed by atoms with Gasteiger partial charge < -0.3 is 10.1 Å². The number of hydrogen-bond acceptors (Lipinski definition) is 2. The van der Waals surface area contributed by atoms with Gasteiger partial charge in [-0.3, -0.25) is 0 Å². The topological polar surface area (TPSA) is 21.3 Å². The zero-order chi connectivity index (χ0) is 13.4. The van der Waals surface area contributed by atoms with Crippen LogP contribution in [0.5, 0.6) is 5.75 Å². The standard InChI is InChI=1S/C16H16FNO/c1-10-3-4-11(2)13(7-10)16-9-18-14-6-5-12(17)8-15(14)19-16/h3-8,16,18H,9H2,1-2H3.